The van der Waals surface area contributed by atoms with Gasteiger partial charge in [-0.3, -0.25) is 0 Å². The van der Waals surface area contributed by atoms with Crippen molar-refractivity contribution in [3.8, 4) is 0 Å². The average molecular weight is 224 g/mol. The molecule has 90 valence electrons. The van der Waals surface area contributed by atoms with Crippen LogP contribution in [0.1, 0.15) is 37.9 Å². The van der Waals surface area contributed by atoms with Crippen molar-refractivity contribution < 1.29 is 4.52 Å². The Balaban J connectivity index is 2.01. The van der Waals surface area contributed by atoms with E-state index in [0.717, 1.165) is 32.5 Å². The van der Waals surface area contributed by atoms with Gasteiger partial charge in [-0.2, -0.15) is 4.98 Å². The van der Waals surface area contributed by atoms with Crippen LogP contribution in [0.4, 0.5) is 0 Å². The summed E-state index contributed by atoms with van der Waals surface area (Å²) >= 11 is 0. The molecule has 0 bridgehead atoms. The van der Waals surface area contributed by atoms with Crippen molar-refractivity contribution in [1.29, 1.82) is 0 Å². The van der Waals surface area contributed by atoms with Crippen LogP contribution in [0, 0.1) is 6.92 Å². The zero-order valence-corrected chi connectivity index (χ0v) is 10.1. The molecular weight excluding hydrogens is 204 g/mol. The highest BCUT2D eigenvalue weighted by Crippen LogP contribution is 2.28. The summed E-state index contributed by atoms with van der Waals surface area (Å²) in [4.78, 5) is 6.70. The molecule has 1 aromatic heterocycles. The van der Waals surface area contributed by atoms with Crippen molar-refractivity contribution in [2.24, 2.45) is 5.73 Å². The third-order valence-electron chi connectivity index (χ3n) is 3.26. The molecule has 1 aromatic rings. The van der Waals surface area contributed by atoms with Gasteiger partial charge in [0.2, 0.25) is 5.89 Å². The number of rotatable bonds is 3. The highest BCUT2D eigenvalue weighted by Gasteiger charge is 2.36. The standard InChI is InChI=1S/C11H20N4O/c1-3-6-15-7-4-11(12,5-8-15)10-13-9(2)16-14-10/h3-8,12H2,1-2H3. The maximum absolute atomic E-state index is 6.34. The minimum atomic E-state index is -0.387. The van der Waals surface area contributed by atoms with Crippen LogP contribution in [-0.2, 0) is 5.54 Å². The fourth-order valence-electron chi connectivity index (χ4n) is 2.22. The molecule has 2 N–H and O–H groups in total. The van der Waals surface area contributed by atoms with Gasteiger partial charge in [-0.25, -0.2) is 0 Å². The van der Waals surface area contributed by atoms with Gasteiger partial charge in [-0.05, 0) is 25.8 Å². The first-order valence-electron chi connectivity index (χ1n) is 5.96. The van der Waals surface area contributed by atoms with E-state index in [9.17, 15) is 0 Å². The lowest BCUT2D eigenvalue weighted by molar-refractivity contribution is 0.154. The van der Waals surface area contributed by atoms with Crippen molar-refractivity contribution in [3.05, 3.63) is 11.7 Å². The lowest BCUT2D eigenvalue weighted by Crippen LogP contribution is -2.48. The van der Waals surface area contributed by atoms with Gasteiger partial charge < -0.3 is 15.2 Å². The summed E-state index contributed by atoms with van der Waals surface area (Å²) in [5.41, 5.74) is 5.95. The summed E-state index contributed by atoms with van der Waals surface area (Å²) in [6, 6.07) is 0. The van der Waals surface area contributed by atoms with Crippen LogP contribution < -0.4 is 5.73 Å². The lowest BCUT2D eigenvalue weighted by Gasteiger charge is -2.36. The number of likely N-dealkylation sites (tertiary alicyclic amines) is 1. The van der Waals surface area contributed by atoms with Crippen LogP contribution in [0.25, 0.3) is 0 Å². The molecule has 1 aliphatic heterocycles. The predicted octanol–water partition coefficient (Wildman–Crippen LogP) is 1.04. The smallest absolute Gasteiger partial charge is 0.223 e. The molecule has 0 radical (unpaired) electrons. The summed E-state index contributed by atoms with van der Waals surface area (Å²) in [5.74, 6) is 1.26. The first-order chi connectivity index (χ1) is 7.64. The first kappa shape index (κ1) is 11.5. The van der Waals surface area contributed by atoms with Crippen LogP contribution in [0.15, 0.2) is 4.52 Å². The van der Waals surface area contributed by atoms with E-state index >= 15 is 0 Å². The fourth-order valence-corrected chi connectivity index (χ4v) is 2.22. The largest absolute Gasteiger partial charge is 0.340 e. The monoisotopic (exact) mass is 224 g/mol. The lowest BCUT2D eigenvalue weighted by atomic mass is 9.88. The van der Waals surface area contributed by atoms with Crippen molar-refractivity contribution in [2.45, 2.75) is 38.6 Å². The van der Waals surface area contributed by atoms with Gasteiger partial charge in [0, 0.05) is 20.0 Å². The molecule has 16 heavy (non-hydrogen) atoms. The van der Waals surface area contributed by atoms with Gasteiger partial charge >= 0.3 is 0 Å². The highest BCUT2D eigenvalue weighted by molar-refractivity contribution is 5.05. The molecule has 0 amide bonds. The van der Waals surface area contributed by atoms with Gasteiger partial charge in [-0.15, -0.1) is 0 Å². The number of aromatic nitrogens is 2. The van der Waals surface area contributed by atoms with Crippen LogP contribution in [0.3, 0.4) is 0 Å². The molecule has 0 atom stereocenters. The molecule has 5 heteroatoms. The van der Waals surface area contributed by atoms with Crippen molar-refractivity contribution in [2.75, 3.05) is 19.6 Å². The SMILES string of the molecule is CCCN1CCC(N)(c2noc(C)n2)CC1. The molecular formula is C11H20N4O. The van der Waals surface area contributed by atoms with E-state index in [1.807, 2.05) is 0 Å². The molecule has 2 heterocycles. The number of aryl methyl sites for hydroxylation is 1. The normalized spacial score (nSPS) is 21.2. The Bertz CT molecular complexity index is 342. The topological polar surface area (TPSA) is 68.2 Å². The molecule has 0 aliphatic carbocycles. The van der Waals surface area contributed by atoms with E-state index in [-0.39, 0.29) is 5.54 Å². The molecule has 1 fully saturated rings. The van der Waals surface area contributed by atoms with Crippen LogP contribution in [-0.4, -0.2) is 34.7 Å². The summed E-state index contributed by atoms with van der Waals surface area (Å²) < 4.78 is 5.00. The molecule has 2 rings (SSSR count). The third-order valence-corrected chi connectivity index (χ3v) is 3.26. The Labute approximate surface area is 96.0 Å². The van der Waals surface area contributed by atoms with Crippen molar-refractivity contribution >= 4 is 0 Å². The van der Waals surface area contributed by atoms with Crippen LogP contribution >= 0.6 is 0 Å². The Hall–Kier alpha value is -0.940. The second-order valence-corrected chi connectivity index (χ2v) is 4.63. The van der Waals surface area contributed by atoms with E-state index in [2.05, 4.69) is 22.0 Å². The minimum Gasteiger partial charge on any atom is -0.340 e. The zero-order chi connectivity index (χ0) is 11.6. The van der Waals surface area contributed by atoms with E-state index in [4.69, 9.17) is 10.3 Å². The van der Waals surface area contributed by atoms with E-state index in [0.29, 0.717) is 11.7 Å². The number of nitrogens with zero attached hydrogens (tertiary/aromatic N) is 3. The summed E-state index contributed by atoms with van der Waals surface area (Å²) in [5, 5.41) is 3.95. The van der Waals surface area contributed by atoms with Crippen LogP contribution in [0.2, 0.25) is 0 Å². The van der Waals surface area contributed by atoms with E-state index in [1.165, 1.54) is 6.42 Å². The summed E-state index contributed by atoms with van der Waals surface area (Å²) in [6.45, 7) is 7.20. The van der Waals surface area contributed by atoms with E-state index in [1.54, 1.807) is 6.92 Å². The van der Waals surface area contributed by atoms with Gasteiger partial charge in [0.25, 0.3) is 0 Å². The number of hydrogen-bond donors (Lipinski definition) is 1. The maximum atomic E-state index is 6.34. The quantitative estimate of drug-likeness (QED) is 0.830. The molecule has 0 saturated carbocycles. The summed E-state index contributed by atoms with van der Waals surface area (Å²) in [6.07, 6.45) is 3.01. The Kier molecular flexibility index (Phi) is 3.25. The second kappa shape index (κ2) is 4.51. The van der Waals surface area contributed by atoms with Gasteiger partial charge in [0.1, 0.15) is 0 Å². The molecule has 0 aromatic carbocycles. The van der Waals surface area contributed by atoms with Gasteiger partial charge in [-0.1, -0.05) is 12.1 Å². The third kappa shape index (κ3) is 2.25. The number of piperidine rings is 1. The molecule has 1 aliphatic rings. The van der Waals surface area contributed by atoms with Crippen molar-refractivity contribution in [1.82, 2.24) is 15.0 Å². The van der Waals surface area contributed by atoms with E-state index < -0.39 is 0 Å². The minimum absolute atomic E-state index is 0.387. The van der Waals surface area contributed by atoms with Gasteiger partial charge in [0.15, 0.2) is 5.82 Å². The van der Waals surface area contributed by atoms with Gasteiger partial charge in [0.05, 0.1) is 5.54 Å². The second-order valence-electron chi connectivity index (χ2n) is 4.63. The molecule has 0 spiro atoms. The van der Waals surface area contributed by atoms with Crippen LogP contribution in [0.5, 0.6) is 0 Å². The maximum Gasteiger partial charge on any atom is 0.223 e. The Morgan fingerprint density at radius 1 is 1.44 bits per heavy atom. The zero-order valence-electron chi connectivity index (χ0n) is 10.1. The first-order valence-corrected chi connectivity index (χ1v) is 5.96. The number of nitrogens with two attached hydrogens (primary N) is 1. The van der Waals surface area contributed by atoms with Crippen molar-refractivity contribution in [3.63, 3.8) is 0 Å². The highest BCUT2D eigenvalue weighted by atomic mass is 16.5. The average Bonchev–Trinajstić information content (AvgIpc) is 2.70. The summed E-state index contributed by atoms with van der Waals surface area (Å²) in [7, 11) is 0. The Morgan fingerprint density at radius 3 is 2.62 bits per heavy atom. The fraction of sp³-hybridized carbons (Fsp3) is 0.818. The molecule has 1 saturated heterocycles. The molecule has 5 nitrogen and oxygen atoms in total. The predicted molar refractivity (Wildman–Crippen MR) is 60.9 cm³/mol. The number of hydrogen-bond acceptors (Lipinski definition) is 5. The Morgan fingerprint density at radius 2 is 2.12 bits per heavy atom. The molecule has 0 unspecified atom stereocenters.